The average Bonchev–Trinajstić information content (AvgIpc) is 2.71. The van der Waals surface area contributed by atoms with E-state index in [-0.39, 0.29) is 5.82 Å². The summed E-state index contributed by atoms with van der Waals surface area (Å²) in [7, 11) is 1.82. The molecule has 0 saturated carbocycles. The number of hydrogen-bond donors (Lipinski definition) is 0. The van der Waals surface area contributed by atoms with E-state index in [4.69, 9.17) is 0 Å². The number of aromatic nitrogens is 2. The first-order chi connectivity index (χ1) is 8.65. The molecule has 2 aromatic rings. The van der Waals surface area contributed by atoms with Crippen molar-refractivity contribution in [2.75, 3.05) is 0 Å². The van der Waals surface area contributed by atoms with Gasteiger partial charge in [-0.2, -0.15) is 5.10 Å². The van der Waals surface area contributed by atoms with Gasteiger partial charge in [0.1, 0.15) is 5.82 Å². The van der Waals surface area contributed by atoms with Gasteiger partial charge in [0, 0.05) is 24.4 Å². The van der Waals surface area contributed by atoms with E-state index in [1.165, 1.54) is 18.2 Å². The van der Waals surface area contributed by atoms with E-state index in [9.17, 15) is 9.18 Å². The first-order valence-electron chi connectivity index (χ1n) is 5.93. The third-order valence-electron chi connectivity index (χ3n) is 2.82. The fourth-order valence-corrected chi connectivity index (χ4v) is 2.05. The summed E-state index contributed by atoms with van der Waals surface area (Å²) in [6.45, 7) is 2.06. The molecule has 1 aromatic heterocycles. The topological polar surface area (TPSA) is 34.9 Å². The third-order valence-corrected chi connectivity index (χ3v) is 2.82. The summed E-state index contributed by atoms with van der Waals surface area (Å²) in [6, 6.07) is 4.18. The molecule has 0 unspecified atom stereocenters. The first-order valence-corrected chi connectivity index (χ1v) is 5.93. The maximum atomic E-state index is 13.4. The normalized spacial score (nSPS) is 10.6. The minimum absolute atomic E-state index is 0.345. The van der Waals surface area contributed by atoms with Crippen LogP contribution in [0.1, 0.15) is 29.4 Å². The van der Waals surface area contributed by atoms with Crippen molar-refractivity contribution in [1.29, 1.82) is 0 Å². The Morgan fingerprint density at radius 1 is 1.39 bits per heavy atom. The molecular weight excluding hydrogens is 231 g/mol. The largest absolute Gasteiger partial charge is 0.298 e. The molecule has 0 bridgehead atoms. The van der Waals surface area contributed by atoms with Crippen molar-refractivity contribution < 1.29 is 9.18 Å². The zero-order valence-corrected chi connectivity index (χ0v) is 10.5. The van der Waals surface area contributed by atoms with Crippen LogP contribution >= 0.6 is 0 Å². The second-order valence-electron chi connectivity index (χ2n) is 4.26. The number of benzene rings is 1. The number of halogens is 1. The van der Waals surface area contributed by atoms with Gasteiger partial charge in [-0.15, -0.1) is 0 Å². The first kappa shape index (κ1) is 12.5. The Hall–Kier alpha value is -1.97. The van der Waals surface area contributed by atoms with Crippen LogP contribution in [-0.4, -0.2) is 16.1 Å². The molecule has 0 aliphatic rings. The van der Waals surface area contributed by atoms with Crippen molar-refractivity contribution in [2.45, 2.75) is 19.8 Å². The van der Waals surface area contributed by atoms with E-state index in [0.29, 0.717) is 11.1 Å². The van der Waals surface area contributed by atoms with Crippen LogP contribution in [0.15, 0.2) is 24.4 Å². The zero-order valence-electron chi connectivity index (χ0n) is 10.5. The molecule has 1 heterocycles. The lowest BCUT2D eigenvalue weighted by atomic mass is 9.99. The van der Waals surface area contributed by atoms with E-state index in [2.05, 4.69) is 12.0 Å². The highest BCUT2D eigenvalue weighted by Gasteiger charge is 2.13. The number of nitrogens with zero attached hydrogens (tertiary/aromatic N) is 2. The van der Waals surface area contributed by atoms with Crippen LogP contribution < -0.4 is 0 Å². The van der Waals surface area contributed by atoms with Gasteiger partial charge < -0.3 is 0 Å². The second kappa shape index (κ2) is 5.12. The maximum Gasteiger partial charge on any atom is 0.150 e. The van der Waals surface area contributed by atoms with Gasteiger partial charge >= 0.3 is 0 Å². The van der Waals surface area contributed by atoms with Gasteiger partial charge in [-0.3, -0.25) is 9.48 Å². The van der Waals surface area contributed by atoms with Crippen molar-refractivity contribution in [2.24, 2.45) is 7.05 Å². The second-order valence-corrected chi connectivity index (χ2v) is 4.26. The van der Waals surface area contributed by atoms with Gasteiger partial charge in [0.25, 0.3) is 0 Å². The summed E-state index contributed by atoms with van der Waals surface area (Å²) < 4.78 is 15.0. The van der Waals surface area contributed by atoms with Crippen LogP contribution in [0, 0.1) is 5.82 Å². The van der Waals surface area contributed by atoms with Crippen molar-refractivity contribution in [3.8, 4) is 11.1 Å². The molecule has 3 nitrogen and oxygen atoms in total. The highest BCUT2D eigenvalue weighted by Crippen LogP contribution is 2.27. The Morgan fingerprint density at radius 2 is 2.17 bits per heavy atom. The van der Waals surface area contributed by atoms with E-state index in [0.717, 1.165) is 30.4 Å². The molecule has 1 aromatic carbocycles. The molecule has 94 valence electrons. The van der Waals surface area contributed by atoms with Gasteiger partial charge in [-0.1, -0.05) is 13.3 Å². The quantitative estimate of drug-likeness (QED) is 0.777. The van der Waals surface area contributed by atoms with Gasteiger partial charge in [0.2, 0.25) is 0 Å². The Balaban J connectivity index is 2.60. The molecule has 0 spiro atoms. The van der Waals surface area contributed by atoms with E-state index < -0.39 is 0 Å². The van der Waals surface area contributed by atoms with Crippen LogP contribution in [0.3, 0.4) is 0 Å². The van der Waals surface area contributed by atoms with Crippen molar-refractivity contribution in [3.05, 3.63) is 41.5 Å². The summed E-state index contributed by atoms with van der Waals surface area (Å²) in [5, 5.41) is 4.36. The fourth-order valence-electron chi connectivity index (χ4n) is 2.05. The molecule has 0 atom stereocenters. The lowest BCUT2D eigenvalue weighted by Gasteiger charge is -2.04. The summed E-state index contributed by atoms with van der Waals surface area (Å²) in [4.78, 5) is 11.0. The number of aryl methyl sites for hydroxylation is 2. The van der Waals surface area contributed by atoms with Crippen LogP contribution in [-0.2, 0) is 13.5 Å². The molecular formula is C14H15FN2O. The smallest absolute Gasteiger partial charge is 0.150 e. The highest BCUT2D eigenvalue weighted by molar-refractivity contribution is 5.88. The summed E-state index contributed by atoms with van der Waals surface area (Å²) in [5.74, 6) is -0.345. The lowest BCUT2D eigenvalue weighted by Crippen LogP contribution is -1.93. The number of rotatable bonds is 4. The van der Waals surface area contributed by atoms with Crippen LogP contribution in [0.2, 0.25) is 0 Å². The SMILES string of the molecule is CCCc1nn(C)cc1-c1cc(F)ccc1C=O. The molecule has 0 aliphatic heterocycles. The molecule has 0 N–H and O–H groups in total. The minimum atomic E-state index is -0.345. The number of carbonyl (C=O) groups is 1. The molecule has 0 amide bonds. The number of aldehydes is 1. The predicted octanol–water partition coefficient (Wildman–Crippen LogP) is 2.99. The number of carbonyl (C=O) groups excluding carboxylic acids is 1. The molecule has 0 aliphatic carbocycles. The molecule has 0 fully saturated rings. The van der Waals surface area contributed by atoms with Crippen LogP contribution in [0.25, 0.3) is 11.1 Å². The molecule has 18 heavy (non-hydrogen) atoms. The van der Waals surface area contributed by atoms with Crippen molar-refractivity contribution in [1.82, 2.24) is 9.78 Å². The van der Waals surface area contributed by atoms with E-state index in [1.54, 1.807) is 4.68 Å². The monoisotopic (exact) mass is 246 g/mol. The highest BCUT2D eigenvalue weighted by atomic mass is 19.1. The predicted molar refractivity (Wildman–Crippen MR) is 68.0 cm³/mol. The Bertz CT molecular complexity index is 575. The number of hydrogen-bond acceptors (Lipinski definition) is 2. The van der Waals surface area contributed by atoms with E-state index >= 15 is 0 Å². The van der Waals surface area contributed by atoms with Crippen LogP contribution in [0.4, 0.5) is 4.39 Å². The zero-order chi connectivity index (χ0) is 13.1. The van der Waals surface area contributed by atoms with Gasteiger partial charge in [0.05, 0.1) is 5.69 Å². The Morgan fingerprint density at radius 3 is 2.83 bits per heavy atom. The lowest BCUT2D eigenvalue weighted by molar-refractivity contribution is 0.112. The Labute approximate surface area is 105 Å². The van der Waals surface area contributed by atoms with Gasteiger partial charge in [0.15, 0.2) is 6.29 Å². The van der Waals surface area contributed by atoms with Crippen LogP contribution in [0.5, 0.6) is 0 Å². The summed E-state index contributed by atoms with van der Waals surface area (Å²) in [6.07, 6.45) is 4.34. The molecule has 0 saturated heterocycles. The maximum absolute atomic E-state index is 13.4. The van der Waals surface area contributed by atoms with Crippen molar-refractivity contribution >= 4 is 6.29 Å². The summed E-state index contributed by atoms with van der Waals surface area (Å²) in [5.41, 5.74) is 2.83. The fraction of sp³-hybridized carbons (Fsp3) is 0.286. The molecule has 2 rings (SSSR count). The third kappa shape index (κ3) is 2.32. The molecule has 4 heteroatoms. The average molecular weight is 246 g/mol. The standard InChI is InChI=1S/C14H15FN2O/c1-3-4-14-13(8-17(2)16-14)12-7-11(15)6-5-10(12)9-18/h5-9H,3-4H2,1-2H3. The van der Waals surface area contributed by atoms with Crippen molar-refractivity contribution in [3.63, 3.8) is 0 Å². The Kier molecular flexibility index (Phi) is 3.55. The molecule has 0 radical (unpaired) electrons. The van der Waals surface area contributed by atoms with Gasteiger partial charge in [-0.25, -0.2) is 4.39 Å². The summed E-state index contributed by atoms with van der Waals surface area (Å²) >= 11 is 0. The van der Waals surface area contributed by atoms with Gasteiger partial charge in [-0.05, 0) is 30.2 Å². The minimum Gasteiger partial charge on any atom is -0.298 e. The van der Waals surface area contributed by atoms with E-state index in [1.807, 2.05) is 13.2 Å².